The summed E-state index contributed by atoms with van der Waals surface area (Å²) < 4.78 is 6.45. The number of fused-ring (bicyclic) bond motifs is 5. The lowest BCUT2D eigenvalue weighted by Crippen LogP contribution is -1.95. The van der Waals surface area contributed by atoms with Crippen LogP contribution in [0.25, 0.3) is 88.9 Å². The molecule has 0 unspecified atom stereocenters. The molecule has 0 aliphatic carbocycles. The number of aromatic nitrogens is 2. The van der Waals surface area contributed by atoms with E-state index in [1.165, 1.54) is 0 Å². The fourth-order valence-electron chi connectivity index (χ4n) is 6.75. The molecule has 0 saturated carbocycles. The van der Waals surface area contributed by atoms with Gasteiger partial charge in [-0.15, -0.1) is 0 Å². The molecule has 9 aromatic rings. The van der Waals surface area contributed by atoms with Crippen LogP contribution < -0.4 is 0 Å². The maximum Gasteiger partial charge on any atom is 0.160 e. The molecule has 228 valence electrons. The number of rotatable bonds is 5. The maximum absolute atomic E-state index is 9.99. The van der Waals surface area contributed by atoms with E-state index in [1.807, 2.05) is 91.0 Å². The summed E-state index contributed by atoms with van der Waals surface area (Å²) >= 11 is 0. The van der Waals surface area contributed by atoms with Gasteiger partial charge < -0.3 is 4.42 Å². The minimum atomic E-state index is 0.643. The number of benzene rings is 7. The van der Waals surface area contributed by atoms with Crippen LogP contribution in [0.2, 0.25) is 0 Å². The van der Waals surface area contributed by atoms with Gasteiger partial charge in [0.05, 0.1) is 23.0 Å². The quantitative estimate of drug-likeness (QED) is 0.191. The highest BCUT2D eigenvalue weighted by molar-refractivity contribution is 6.20. The molecule has 0 aliphatic rings. The Morgan fingerprint density at radius 2 is 1.04 bits per heavy atom. The van der Waals surface area contributed by atoms with Crippen molar-refractivity contribution in [2.75, 3.05) is 0 Å². The SMILES string of the molecule is N#Cc1cc2c(oc3cccc(-c4cccc(-c5ccc(-c6cc(-c7ccccc7)nc(-c7ccccc7)n6)cc5)c4)c32)c2ccccc12. The van der Waals surface area contributed by atoms with E-state index in [2.05, 4.69) is 78.9 Å². The summed E-state index contributed by atoms with van der Waals surface area (Å²) in [6, 6.07) is 58.0. The molecule has 0 aliphatic heterocycles. The van der Waals surface area contributed by atoms with Crippen LogP contribution >= 0.6 is 0 Å². The molecule has 0 radical (unpaired) electrons. The molecule has 0 amide bonds. The number of hydrogen-bond acceptors (Lipinski definition) is 4. The van der Waals surface area contributed by atoms with Crippen LogP contribution in [-0.2, 0) is 0 Å². The van der Waals surface area contributed by atoms with E-state index in [-0.39, 0.29) is 0 Å². The van der Waals surface area contributed by atoms with E-state index in [4.69, 9.17) is 14.4 Å². The number of nitriles is 1. The molecule has 0 bridgehead atoms. The first-order valence-electron chi connectivity index (χ1n) is 16.2. The summed E-state index contributed by atoms with van der Waals surface area (Å²) in [5, 5.41) is 13.8. The largest absolute Gasteiger partial charge is 0.455 e. The van der Waals surface area contributed by atoms with Gasteiger partial charge in [0.2, 0.25) is 0 Å². The van der Waals surface area contributed by atoms with Gasteiger partial charge in [-0.3, -0.25) is 0 Å². The van der Waals surface area contributed by atoms with Gasteiger partial charge in [-0.1, -0.05) is 140 Å². The standard InChI is InChI=1S/C45H27N3O/c46-28-35-26-39-43-37(19-10-20-42(43)49-44(39)38-18-8-7-17-36(35)38)34-16-9-15-33(25-34)29-21-23-31(24-22-29)41-27-40(30-11-3-1-4-12-30)47-45(48-41)32-13-5-2-6-14-32/h1-27H. The van der Waals surface area contributed by atoms with Gasteiger partial charge in [0.1, 0.15) is 11.2 Å². The molecule has 0 atom stereocenters. The van der Waals surface area contributed by atoms with Gasteiger partial charge in [0, 0.05) is 38.2 Å². The van der Waals surface area contributed by atoms with Crippen LogP contribution in [0, 0.1) is 11.3 Å². The van der Waals surface area contributed by atoms with Gasteiger partial charge in [0.15, 0.2) is 5.82 Å². The molecular formula is C45H27N3O. The minimum absolute atomic E-state index is 0.643. The second-order valence-electron chi connectivity index (χ2n) is 12.1. The zero-order chi connectivity index (χ0) is 32.7. The average molecular weight is 626 g/mol. The highest BCUT2D eigenvalue weighted by Crippen LogP contribution is 2.41. The molecular weight excluding hydrogens is 599 g/mol. The fraction of sp³-hybridized carbons (Fsp3) is 0. The van der Waals surface area contributed by atoms with Crippen LogP contribution in [0.1, 0.15) is 5.56 Å². The molecule has 0 N–H and O–H groups in total. The van der Waals surface area contributed by atoms with E-state index in [9.17, 15) is 5.26 Å². The van der Waals surface area contributed by atoms with Crippen molar-refractivity contribution in [3.63, 3.8) is 0 Å². The van der Waals surface area contributed by atoms with E-state index < -0.39 is 0 Å². The van der Waals surface area contributed by atoms with Crippen molar-refractivity contribution >= 4 is 32.7 Å². The van der Waals surface area contributed by atoms with Gasteiger partial charge in [-0.05, 0) is 46.5 Å². The van der Waals surface area contributed by atoms with Crippen LogP contribution in [0.5, 0.6) is 0 Å². The molecule has 0 spiro atoms. The molecule has 0 saturated heterocycles. The monoisotopic (exact) mass is 625 g/mol. The Bertz CT molecular complexity index is 2650. The van der Waals surface area contributed by atoms with E-state index in [0.29, 0.717) is 11.4 Å². The molecule has 2 aromatic heterocycles. The zero-order valence-corrected chi connectivity index (χ0v) is 26.3. The maximum atomic E-state index is 9.99. The molecule has 4 nitrogen and oxygen atoms in total. The Kier molecular flexibility index (Phi) is 6.81. The third kappa shape index (κ3) is 5.02. The predicted molar refractivity (Wildman–Crippen MR) is 199 cm³/mol. The van der Waals surface area contributed by atoms with Gasteiger partial charge >= 0.3 is 0 Å². The van der Waals surface area contributed by atoms with Crippen molar-refractivity contribution < 1.29 is 4.42 Å². The molecule has 49 heavy (non-hydrogen) atoms. The third-order valence-corrected chi connectivity index (χ3v) is 9.14. The van der Waals surface area contributed by atoms with Crippen LogP contribution in [0.15, 0.2) is 168 Å². The van der Waals surface area contributed by atoms with Crippen molar-refractivity contribution in [1.29, 1.82) is 5.26 Å². The summed E-state index contributed by atoms with van der Waals surface area (Å²) in [4.78, 5) is 9.93. The van der Waals surface area contributed by atoms with E-state index in [0.717, 1.165) is 83.0 Å². The number of hydrogen-bond donors (Lipinski definition) is 0. The van der Waals surface area contributed by atoms with Crippen LogP contribution in [0.3, 0.4) is 0 Å². The Balaban J connectivity index is 1.12. The lowest BCUT2D eigenvalue weighted by atomic mass is 9.94. The number of furan rings is 1. The zero-order valence-electron chi connectivity index (χ0n) is 26.3. The van der Waals surface area contributed by atoms with E-state index >= 15 is 0 Å². The summed E-state index contributed by atoms with van der Waals surface area (Å²) in [6.45, 7) is 0. The molecule has 0 fully saturated rings. The highest BCUT2D eigenvalue weighted by Gasteiger charge is 2.17. The topological polar surface area (TPSA) is 62.7 Å². The number of nitrogens with zero attached hydrogens (tertiary/aromatic N) is 3. The average Bonchev–Trinajstić information content (AvgIpc) is 3.57. The minimum Gasteiger partial charge on any atom is -0.455 e. The van der Waals surface area contributed by atoms with Gasteiger partial charge in [0.25, 0.3) is 0 Å². The molecule has 9 rings (SSSR count). The second kappa shape index (κ2) is 11.8. The Hall–Kier alpha value is -6.83. The summed E-state index contributed by atoms with van der Waals surface area (Å²) in [5.41, 5.74) is 11.4. The Labute approximate surface area is 283 Å². The Morgan fingerprint density at radius 3 is 1.78 bits per heavy atom. The van der Waals surface area contributed by atoms with Crippen molar-refractivity contribution in [2.45, 2.75) is 0 Å². The predicted octanol–water partition coefficient (Wildman–Crippen LogP) is 11.7. The smallest absolute Gasteiger partial charge is 0.160 e. The summed E-state index contributed by atoms with van der Waals surface area (Å²) in [5.74, 6) is 0.699. The first kappa shape index (κ1) is 28.4. The third-order valence-electron chi connectivity index (χ3n) is 9.14. The lowest BCUT2D eigenvalue weighted by molar-refractivity contribution is 0.673. The lowest BCUT2D eigenvalue weighted by Gasteiger charge is -2.11. The first-order chi connectivity index (χ1) is 24.2. The van der Waals surface area contributed by atoms with Gasteiger partial charge in [-0.25, -0.2) is 9.97 Å². The van der Waals surface area contributed by atoms with Crippen molar-refractivity contribution in [2.24, 2.45) is 0 Å². The first-order valence-corrected chi connectivity index (χ1v) is 16.2. The van der Waals surface area contributed by atoms with E-state index in [1.54, 1.807) is 0 Å². The molecule has 2 heterocycles. The fourth-order valence-corrected chi connectivity index (χ4v) is 6.75. The second-order valence-corrected chi connectivity index (χ2v) is 12.1. The highest BCUT2D eigenvalue weighted by atomic mass is 16.3. The van der Waals surface area contributed by atoms with Crippen molar-refractivity contribution in [3.8, 4) is 62.2 Å². The molecule has 7 aromatic carbocycles. The molecule has 4 heteroatoms. The Morgan fingerprint density at radius 1 is 0.449 bits per heavy atom. The van der Waals surface area contributed by atoms with Crippen LogP contribution in [-0.4, -0.2) is 9.97 Å². The van der Waals surface area contributed by atoms with Gasteiger partial charge in [-0.2, -0.15) is 5.26 Å². The summed E-state index contributed by atoms with van der Waals surface area (Å²) in [7, 11) is 0. The normalized spacial score (nSPS) is 11.2. The van der Waals surface area contributed by atoms with Crippen molar-refractivity contribution in [1.82, 2.24) is 9.97 Å². The van der Waals surface area contributed by atoms with Crippen molar-refractivity contribution in [3.05, 3.63) is 169 Å². The van der Waals surface area contributed by atoms with Crippen LogP contribution in [0.4, 0.5) is 0 Å². The summed E-state index contributed by atoms with van der Waals surface area (Å²) in [6.07, 6.45) is 0.